The summed E-state index contributed by atoms with van der Waals surface area (Å²) in [6, 6.07) is 6.41. The maximum Gasteiger partial charge on any atom is 0.0407 e. The van der Waals surface area contributed by atoms with Crippen LogP contribution in [0.25, 0.3) is 6.08 Å². The number of rotatable bonds is 2. The highest BCUT2D eigenvalue weighted by atomic mass is 35.5. The molecule has 0 aliphatic heterocycles. The minimum absolute atomic E-state index is 0.577. The van der Waals surface area contributed by atoms with Crippen LogP contribution >= 0.6 is 11.6 Å². The second kappa shape index (κ2) is 4.32. The van der Waals surface area contributed by atoms with Crippen LogP contribution in [0.4, 0.5) is 0 Å². The molecule has 1 rings (SSSR count). The Morgan fingerprint density at radius 2 is 2.08 bits per heavy atom. The van der Waals surface area contributed by atoms with Crippen molar-refractivity contribution in [2.45, 2.75) is 13.8 Å². The Morgan fingerprint density at radius 1 is 1.33 bits per heavy atom. The SMILES string of the molecule is Cc1ccc(C=CCCl)c(C)c1. The quantitative estimate of drug-likeness (QED) is 0.611. The zero-order valence-corrected chi connectivity index (χ0v) is 8.23. The predicted octanol–water partition coefficient (Wildman–Crippen LogP) is 3.56. The van der Waals surface area contributed by atoms with Crippen LogP contribution in [-0.2, 0) is 0 Å². The second-order valence-corrected chi connectivity index (χ2v) is 3.23. The van der Waals surface area contributed by atoms with Gasteiger partial charge < -0.3 is 0 Å². The fourth-order valence-electron chi connectivity index (χ4n) is 1.18. The van der Waals surface area contributed by atoms with Crippen molar-refractivity contribution in [3.8, 4) is 0 Å². The van der Waals surface area contributed by atoms with Crippen LogP contribution in [0.3, 0.4) is 0 Å². The first-order valence-electron chi connectivity index (χ1n) is 4.04. The van der Waals surface area contributed by atoms with Crippen molar-refractivity contribution in [1.29, 1.82) is 0 Å². The average Bonchev–Trinajstić information content (AvgIpc) is 2.03. The molecule has 0 saturated carbocycles. The zero-order valence-electron chi connectivity index (χ0n) is 7.47. The number of halogens is 1. The third-order valence-electron chi connectivity index (χ3n) is 1.81. The molecule has 1 aromatic rings. The summed E-state index contributed by atoms with van der Waals surface area (Å²) in [6.07, 6.45) is 4.01. The number of alkyl halides is 1. The molecule has 0 radical (unpaired) electrons. The van der Waals surface area contributed by atoms with Gasteiger partial charge >= 0.3 is 0 Å². The summed E-state index contributed by atoms with van der Waals surface area (Å²) >= 11 is 5.55. The highest BCUT2D eigenvalue weighted by Crippen LogP contribution is 2.11. The third kappa shape index (κ3) is 2.38. The predicted molar refractivity (Wildman–Crippen MR) is 55.7 cm³/mol. The smallest absolute Gasteiger partial charge is 0.0407 e. The van der Waals surface area contributed by atoms with Crippen LogP contribution in [0.1, 0.15) is 16.7 Å². The molecule has 0 aliphatic carbocycles. The van der Waals surface area contributed by atoms with Crippen LogP contribution in [0.15, 0.2) is 24.3 Å². The van der Waals surface area contributed by atoms with E-state index in [0.29, 0.717) is 5.88 Å². The average molecular weight is 181 g/mol. The Labute approximate surface area is 78.9 Å². The third-order valence-corrected chi connectivity index (χ3v) is 1.99. The Bertz CT molecular complexity index is 287. The van der Waals surface area contributed by atoms with E-state index in [1.54, 1.807) is 0 Å². The molecule has 0 heterocycles. The molecule has 1 aromatic carbocycles. The molecular weight excluding hydrogens is 168 g/mol. The van der Waals surface area contributed by atoms with E-state index in [2.05, 4.69) is 38.1 Å². The molecular formula is C11H13Cl. The van der Waals surface area contributed by atoms with E-state index in [1.165, 1.54) is 16.7 Å². The van der Waals surface area contributed by atoms with Gasteiger partial charge in [-0.15, -0.1) is 11.6 Å². The van der Waals surface area contributed by atoms with Crippen molar-refractivity contribution < 1.29 is 0 Å². The first-order chi connectivity index (χ1) is 5.74. The van der Waals surface area contributed by atoms with Gasteiger partial charge in [0.15, 0.2) is 0 Å². The van der Waals surface area contributed by atoms with Crippen molar-refractivity contribution in [3.63, 3.8) is 0 Å². The Hall–Kier alpha value is -0.750. The van der Waals surface area contributed by atoms with Gasteiger partial charge in [0.2, 0.25) is 0 Å². The van der Waals surface area contributed by atoms with E-state index in [9.17, 15) is 0 Å². The minimum atomic E-state index is 0.577. The van der Waals surface area contributed by atoms with Gasteiger partial charge in [0, 0.05) is 5.88 Å². The molecule has 0 spiro atoms. The maximum atomic E-state index is 5.55. The number of hydrogen-bond donors (Lipinski definition) is 0. The lowest BCUT2D eigenvalue weighted by Crippen LogP contribution is -1.81. The van der Waals surface area contributed by atoms with Gasteiger partial charge in [-0.25, -0.2) is 0 Å². The summed E-state index contributed by atoms with van der Waals surface area (Å²) < 4.78 is 0. The van der Waals surface area contributed by atoms with Gasteiger partial charge in [0.05, 0.1) is 0 Å². The largest absolute Gasteiger partial charge is 0.122 e. The van der Waals surface area contributed by atoms with Crippen molar-refractivity contribution >= 4 is 17.7 Å². The molecule has 0 saturated heterocycles. The topological polar surface area (TPSA) is 0 Å². The Balaban J connectivity index is 2.94. The highest BCUT2D eigenvalue weighted by molar-refractivity contribution is 6.19. The molecule has 0 bridgehead atoms. The van der Waals surface area contributed by atoms with E-state index in [0.717, 1.165) is 0 Å². The van der Waals surface area contributed by atoms with Crippen molar-refractivity contribution in [1.82, 2.24) is 0 Å². The van der Waals surface area contributed by atoms with Crippen LogP contribution in [0, 0.1) is 13.8 Å². The normalized spacial score (nSPS) is 10.9. The van der Waals surface area contributed by atoms with E-state index >= 15 is 0 Å². The van der Waals surface area contributed by atoms with E-state index in [4.69, 9.17) is 11.6 Å². The van der Waals surface area contributed by atoms with E-state index in [1.807, 2.05) is 6.08 Å². The van der Waals surface area contributed by atoms with E-state index in [-0.39, 0.29) is 0 Å². The van der Waals surface area contributed by atoms with Gasteiger partial charge in [-0.3, -0.25) is 0 Å². The molecule has 0 atom stereocenters. The van der Waals surface area contributed by atoms with Gasteiger partial charge in [-0.2, -0.15) is 0 Å². The van der Waals surface area contributed by atoms with Crippen molar-refractivity contribution in [2.24, 2.45) is 0 Å². The van der Waals surface area contributed by atoms with Crippen molar-refractivity contribution in [3.05, 3.63) is 41.0 Å². The van der Waals surface area contributed by atoms with Crippen LogP contribution < -0.4 is 0 Å². The zero-order chi connectivity index (χ0) is 8.97. The maximum absolute atomic E-state index is 5.55. The summed E-state index contributed by atoms with van der Waals surface area (Å²) in [5.41, 5.74) is 3.85. The highest BCUT2D eigenvalue weighted by Gasteiger charge is 1.92. The van der Waals surface area contributed by atoms with Gasteiger partial charge in [0.25, 0.3) is 0 Å². The molecule has 0 N–H and O–H groups in total. The van der Waals surface area contributed by atoms with Gasteiger partial charge in [-0.05, 0) is 25.0 Å². The summed E-state index contributed by atoms with van der Waals surface area (Å²) in [5, 5.41) is 0. The van der Waals surface area contributed by atoms with Crippen LogP contribution in [0.2, 0.25) is 0 Å². The fourth-order valence-corrected chi connectivity index (χ4v) is 1.27. The van der Waals surface area contributed by atoms with Gasteiger partial charge in [0.1, 0.15) is 0 Å². The molecule has 0 unspecified atom stereocenters. The van der Waals surface area contributed by atoms with E-state index < -0.39 is 0 Å². The molecule has 0 nitrogen and oxygen atoms in total. The first kappa shape index (κ1) is 9.34. The number of allylic oxidation sites excluding steroid dienone is 1. The summed E-state index contributed by atoms with van der Waals surface area (Å²) in [4.78, 5) is 0. The summed E-state index contributed by atoms with van der Waals surface area (Å²) in [7, 11) is 0. The van der Waals surface area contributed by atoms with Crippen LogP contribution in [0.5, 0.6) is 0 Å². The molecule has 64 valence electrons. The lowest BCUT2D eigenvalue weighted by molar-refractivity contribution is 1.37. The number of aryl methyl sites for hydroxylation is 2. The molecule has 0 aliphatic rings. The lowest BCUT2D eigenvalue weighted by atomic mass is 10.1. The number of hydrogen-bond acceptors (Lipinski definition) is 0. The molecule has 0 aromatic heterocycles. The first-order valence-corrected chi connectivity index (χ1v) is 4.57. The molecule has 1 heteroatoms. The molecule has 0 fully saturated rings. The minimum Gasteiger partial charge on any atom is -0.122 e. The van der Waals surface area contributed by atoms with Gasteiger partial charge in [-0.1, -0.05) is 35.9 Å². The molecule has 12 heavy (non-hydrogen) atoms. The van der Waals surface area contributed by atoms with Crippen LogP contribution in [-0.4, -0.2) is 5.88 Å². The Morgan fingerprint density at radius 3 is 2.67 bits per heavy atom. The molecule has 0 amide bonds. The lowest BCUT2D eigenvalue weighted by Gasteiger charge is -2.00. The van der Waals surface area contributed by atoms with Crippen molar-refractivity contribution in [2.75, 3.05) is 5.88 Å². The number of benzene rings is 1. The monoisotopic (exact) mass is 180 g/mol. The Kier molecular flexibility index (Phi) is 3.36. The fraction of sp³-hybridized carbons (Fsp3) is 0.273. The second-order valence-electron chi connectivity index (χ2n) is 2.92. The summed E-state index contributed by atoms with van der Waals surface area (Å²) in [5.74, 6) is 0.577. The summed E-state index contributed by atoms with van der Waals surface area (Å²) in [6.45, 7) is 4.21. The standard InChI is InChI=1S/C11H13Cl/c1-9-5-6-11(4-3-7-12)10(2)8-9/h3-6,8H,7H2,1-2H3.